The highest BCUT2D eigenvalue weighted by Crippen LogP contribution is 2.21. The summed E-state index contributed by atoms with van der Waals surface area (Å²) in [4.78, 5) is 20.3. The lowest BCUT2D eigenvalue weighted by Gasteiger charge is -2.26. The number of aliphatic hydroxyl groups is 1. The maximum atomic E-state index is 12.5. The van der Waals surface area contributed by atoms with Crippen molar-refractivity contribution in [3.05, 3.63) is 24.0 Å². The number of rotatable bonds is 4. The number of likely N-dealkylation sites (tertiary alicyclic amines) is 1. The molecule has 1 saturated heterocycles. The zero-order valence-electron chi connectivity index (χ0n) is 11.8. The number of hydrazine groups is 1. The first kappa shape index (κ1) is 14.7. The first-order valence-corrected chi connectivity index (χ1v) is 6.57. The number of pyridine rings is 1. The van der Waals surface area contributed by atoms with Crippen molar-refractivity contribution in [2.75, 3.05) is 32.6 Å². The lowest BCUT2D eigenvalue weighted by atomic mass is 10.2. The van der Waals surface area contributed by atoms with Crippen molar-refractivity contribution in [3.8, 4) is 0 Å². The van der Waals surface area contributed by atoms with Crippen molar-refractivity contribution < 1.29 is 9.90 Å². The van der Waals surface area contributed by atoms with Crippen molar-refractivity contribution in [3.63, 3.8) is 0 Å². The molecule has 0 radical (unpaired) electrons. The van der Waals surface area contributed by atoms with Gasteiger partial charge >= 0.3 is 0 Å². The topological polar surface area (TPSA) is 94.7 Å². The van der Waals surface area contributed by atoms with E-state index in [1.165, 1.54) is 6.20 Å². The number of aliphatic hydroxyl groups excluding tert-OH is 1. The zero-order chi connectivity index (χ0) is 14.7. The molecular formula is C13H21N5O2. The fourth-order valence-electron chi connectivity index (χ4n) is 2.52. The minimum absolute atomic E-state index is 0.00351. The minimum Gasteiger partial charge on any atom is -0.391 e. The standard InChI is InChI=1S/C13H21N5O2/c1-17(2)7-10-6-11(19)8-18(10)13(20)12-5-9(16-14)3-4-15-12/h3-5,10-11,19H,6-8,14H2,1-2H3,(H,15,16). The van der Waals surface area contributed by atoms with E-state index in [4.69, 9.17) is 5.84 Å². The predicted molar refractivity (Wildman–Crippen MR) is 76.0 cm³/mol. The van der Waals surface area contributed by atoms with Gasteiger partial charge in [-0.2, -0.15) is 0 Å². The van der Waals surface area contributed by atoms with E-state index >= 15 is 0 Å². The smallest absolute Gasteiger partial charge is 0.272 e. The normalized spacial score (nSPS) is 22.4. The molecule has 0 aromatic carbocycles. The van der Waals surface area contributed by atoms with Crippen molar-refractivity contribution in [1.29, 1.82) is 0 Å². The quantitative estimate of drug-likeness (QED) is 0.508. The van der Waals surface area contributed by atoms with Crippen molar-refractivity contribution in [2.45, 2.75) is 18.6 Å². The first-order chi connectivity index (χ1) is 9.51. The van der Waals surface area contributed by atoms with Gasteiger partial charge in [-0.1, -0.05) is 0 Å². The van der Waals surface area contributed by atoms with Gasteiger partial charge in [0.25, 0.3) is 5.91 Å². The van der Waals surface area contributed by atoms with Crippen molar-refractivity contribution >= 4 is 11.6 Å². The summed E-state index contributed by atoms with van der Waals surface area (Å²) in [7, 11) is 3.90. The highest BCUT2D eigenvalue weighted by Gasteiger charge is 2.35. The maximum absolute atomic E-state index is 12.5. The molecule has 1 aliphatic rings. The molecule has 2 heterocycles. The molecule has 1 amide bonds. The molecule has 110 valence electrons. The van der Waals surface area contributed by atoms with Crippen LogP contribution >= 0.6 is 0 Å². The van der Waals surface area contributed by atoms with E-state index in [1.54, 1.807) is 17.0 Å². The molecule has 2 unspecified atom stereocenters. The number of likely N-dealkylation sites (N-methyl/N-ethyl adjacent to an activating group) is 1. The maximum Gasteiger partial charge on any atom is 0.272 e. The number of β-amino-alcohol motifs (C(OH)–C–C–N with tert-alkyl or cyclic N) is 1. The van der Waals surface area contributed by atoms with E-state index in [1.807, 2.05) is 19.0 Å². The number of nitrogens with one attached hydrogen (secondary N) is 1. The average molecular weight is 279 g/mol. The molecule has 0 spiro atoms. The third-order valence-corrected chi connectivity index (χ3v) is 3.37. The number of hydrogen-bond acceptors (Lipinski definition) is 6. The lowest BCUT2D eigenvalue weighted by Crippen LogP contribution is -2.41. The zero-order valence-corrected chi connectivity index (χ0v) is 11.8. The summed E-state index contributed by atoms with van der Waals surface area (Å²) >= 11 is 0. The number of nitrogens with zero attached hydrogens (tertiary/aromatic N) is 3. The Morgan fingerprint density at radius 3 is 3.05 bits per heavy atom. The van der Waals surface area contributed by atoms with Crippen LogP contribution in [0.4, 0.5) is 5.69 Å². The van der Waals surface area contributed by atoms with E-state index in [2.05, 4.69) is 10.4 Å². The van der Waals surface area contributed by atoms with E-state index in [0.717, 1.165) is 6.54 Å². The molecule has 1 aromatic heterocycles. The average Bonchev–Trinajstić information content (AvgIpc) is 2.78. The lowest BCUT2D eigenvalue weighted by molar-refractivity contribution is 0.0693. The van der Waals surface area contributed by atoms with Crippen molar-refractivity contribution in [2.24, 2.45) is 5.84 Å². The monoisotopic (exact) mass is 279 g/mol. The Morgan fingerprint density at radius 1 is 1.65 bits per heavy atom. The fourth-order valence-corrected chi connectivity index (χ4v) is 2.52. The second-order valence-electron chi connectivity index (χ2n) is 5.34. The molecule has 0 aliphatic carbocycles. The van der Waals surface area contributed by atoms with Gasteiger partial charge in [0.1, 0.15) is 5.69 Å². The molecule has 1 aliphatic heterocycles. The number of hydrogen-bond donors (Lipinski definition) is 3. The van der Waals surface area contributed by atoms with Gasteiger partial charge in [-0.15, -0.1) is 0 Å². The molecule has 1 fully saturated rings. The first-order valence-electron chi connectivity index (χ1n) is 6.57. The molecule has 2 rings (SSSR count). The Kier molecular flexibility index (Phi) is 4.53. The Labute approximate surface area is 118 Å². The number of nitrogen functional groups attached to an aromatic ring is 1. The van der Waals surface area contributed by atoms with Gasteiger partial charge < -0.3 is 20.3 Å². The van der Waals surface area contributed by atoms with Crippen LogP contribution in [0, 0.1) is 0 Å². The van der Waals surface area contributed by atoms with E-state index in [9.17, 15) is 9.90 Å². The van der Waals surface area contributed by atoms with Gasteiger partial charge in [0, 0.05) is 25.3 Å². The van der Waals surface area contributed by atoms with E-state index < -0.39 is 6.10 Å². The van der Waals surface area contributed by atoms with E-state index in [0.29, 0.717) is 24.3 Å². The van der Waals surface area contributed by atoms with Gasteiger partial charge in [0.2, 0.25) is 0 Å². The Hall–Kier alpha value is -1.70. The molecule has 1 aromatic rings. The van der Waals surface area contributed by atoms with Crippen LogP contribution in [0.2, 0.25) is 0 Å². The van der Waals surface area contributed by atoms with Gasteiger partial charge in [-0.05, 0) is 32.6 Å². The summed E-state index contributed by atoms with van der Waals surface area (Å²) in [6.45, 7) is 1.07. The van der Waals surface area contributed by atoms with E-state index in [-0.39, 0.29) is 11.9 Å². The number of aromatic nitrogens is 1. The summed E-state index contributed by atoms with van der Waals surface area (Å²) in [6, 6.07) is 3.30. The summed E-state index contributed by atoms with van der Waals surface area (Å²) in [5, 5.41) is 9.81. The summed E-state index contributed by atoms with van der Waals surface area (Å²) < 4.78 is 0. The Morgan fingerprint density at radius 2 is 2.40 bits per heavy atom. The summed E-state index contributed by atoms with van der Waals surface area (Å²) in [5.41, 5.74) is 3.46. The van der Waals surface area contributed by atoms with Crippen molar-refractivity contribution in [1.82, 2.24) is 14.8 Å². The molecule has 7 nitrogen and oxygen atoms in total. The molecule has 0 saturated carbocycles. The van der Waals surface area contributed by atoms with Gasteiger partial charge in [-0.25, -0.2) is 0 Å². The molecular weight excluding hydrogens is 258 g/mol. The SMILES string of the molecule is CN(C)CC1CC(O)CN1C(=O)c1cc(NN)ccn1. The predicted octanol–water partition coefficient (Wildman–Crippen LogP) is -0.496. The number of nitrogens with two attached hydrogens (primary N) is 1. The number of anilines is 1. The minimum atomic E-state index is -0.472. The third-order valence-electron chi connectivity index (χ3n) is 3.37. The van der Waals surface area contributed by atoms with Gasteiger partial charge in [0.15, 0.2) is 0 Å². The van der Waals surface area contributed by atoms with Crippen LogP contribution in [-0.4, -0.2) is 65.1 Å². The molecule has 7 heteroatoms. The number of carbonyl (C=O) groups excluding carboxylic acids is 1. The number of amides is 1. The van der Waals surface area contributed by atoms with Crippen LogP contribution in [0.3, 0.4) is 0 Å². The fraction of sp³-hybridized carbons (Fsp3) is 0.538. The Bertz CT molecular complexity index is 480. The van der Waals surface area contributed by atoms with Crippen LogP contribution in [0.15, 0.2) is 18.3 Å². The van der Waals surface area contributed by atoms with Gasteiger partial charge in [-0.3, -0.25) is 15.6 Å². The molecule has 20 heavy (non-hydrogen) atoms. The van der Waals surface area contributed by atoms with Crippen LogP contribution in [0.1, 0.15) is 16.9 Å². The second-order valence-corrected chi connectivity index (χ2v) is 5.34. The highest BCUT2D eigenvalue weighted by atomic mass is 16.3. The summed E-state index contributed by atoms with van der Waals surface area (Å²) in [5.74, 6) is 5.16. The van der Waals surface area contributed by atoms with Gasteiger partial charge in [0.05, 0.1) is 11.8 Å². The van der Waals surface area contributed by atoms with Crippen LogP contribution in [0.25, 0.3) is 0 Å². The Balaban J connectivity index is 2.17. The van der Waals surface area contributed by atoms with Crippen LogP contribution < -0.4 is 11.3 Å². The largest absolute Gasteiger partial charge is 0.391 e. The molecule has 0 bridgehead atoms. The second kappa shape index (κ2) is 6.17. The summed E-state index contributed by atoms with van der Waals surface area (Å²) in [6.07, 6.45) is 1.66. The number of carbonyl (C=O) groups is 1. The molecule has 4 N–H and O–H groups in total. The third kappa shape index (κ3) is 3.24. The van der Waals surface area contributed by atoms with Crippen LogP contribution in [-0.2, 0) is 0 Å². The highest BCUT2D eigenvalue weighted by molar-refractivity contribution is 5.93. The van der Waals surface area contributed by atoms with Crippen LogP contribution in [0.5, 0.6) is 0 Å². The molecule has 2 atom stereocenters.